The zero-order valence-corrected chi connectivity index (χ0v) is 19.1. The molecule has 4 rings (SSSR count). The van der Waals surface area contributed by atoms with E-state index in [0.717, 1.165) is 24.2 Å². The van der Waals surface area contributed by atoms with Gasteiger partial charge in [0.05, 0.1) is 0 Å². The molecule has 2 aliphatic heterocycles. The standard InChI is InChI=1S/C25H27ClN4O3/c26-20-7-9-21(10-8-20)27-25(33)29-15-2-14-28(17-18-29)23(31)13-6-19-4-11-22(12-5-19)30-16-1-3-24(30)32/h4-13H,1-3,14-18H2,(H,27,33)/b13-6+. The van der Waals surface area contributed by atoms with E-state index in [1.54, 1.807) is 51.1 Å². The van der Waals surface area contributed by atoms with Crippen molar-refractivity contribution >= 4 is 46.9 Å². The van der Waals surface area contributed by atoms with Gasteiger partial charge in [-0.25, -0.2) is 4.79 Å². The van der Waals surface area contributed by atoms with E-state index >= 15 is 0 Å². The van der Waals surface area contributed by atoms with Crippen molar-refractivity contribution in [3.8, 4) is 0 Å². The molecular formula is C25H27ClN4O3. The van der Waals surface area contributed by atoms with Crippen molar-refractivity contribution < 1.29 is 14.4 Å². The molecule has 33 heavy (non-hydrogen) atoms. The highest BCUT2D eigenvalue weighted by Gasteiger charge is 2.22. The van der Waals surface area contributed by atoms with Crippen LogP contribution in [0.15, 0.2) is 54.6 Å². The molecule has 2 aromatic rings. The minimum Gasteiger partial charge on any atom is -0.337 e. The van der Waals surface area contributed by atoms with Gasteiger partial charge in [0, 0.05) is 61.6 Å². The highest BCUT2D eigenvalue weighted by molar-refractivity contribution is 6.30. The molecule has 0 aromatic heterocycles. The van der Waals surface area contributed by atoms with Gasteiger partial charge in [0.25, 0.3) is 0 Å². The average molecular weight is 467 g/mol. The van der Waals surface area contributed by atoms with E-state index in [0.29, 0.717) is 49.7 Å². The Labute approximate surface area is 198 Å². The van der Waals surface area contributed by atoms with Gasteiger partial charge in [-0.1, -0.05) is 23.7 Å². The number of nitrogens with zero attached hydrogens (tertiary/aromatic N) is 3. The summed E-state index contributed by atoms with van der Waals surface area (Å²) >= 11 is 5.89. The second-order valence-electron chi connectivity index (χ2n) is 8.18. The molecular weight excluding hydrogens is 440 g/mol. The Morgan fingerprint density at radius 2 is 1.55 bits per heavy atom. The molecule has 7 nitrogen and oxygen atoms in total. The maximum Gasteiger partial charge on any atom is 0.321 e. The van der Waals surface area contributed by atoms with Crippen LogP contribution in [0.5, 0.6) is 0 Å². The molecule has 2 aromatic carbocycles. The van der Waals surface area contributed by atoms with Crippen LogP contribution in [-0.2, 0) is 9.59 Å². The normalized spacial score (nSPS) is 16.9. The SMILES string of the molecule is O=C(/C=C/c1ccc(N2CCCC2=O)cc1)N1CCCN(C(=O)Nc2ccc(Cl)cc2)CC1. The summed E-state index contributed by atoms with van der Waals surface area (Å²) in [5, 5.41) is 3.48. The number of rotatable bonds is 4. The summed E-state index contributed by atoms with van der Waals surface area (Å²) in [6.45, 7) is 2.90. The first-order valence-corrected chi connectivity index (χ1v) is 11.6. The summed E-state index contributed by atoms with van der Waals surface area (Å²) in [6, 6.07) is 14.4. The molecule has 0 bridgehead atoms. The first-order chi connectivity index (χ1) is 16.0. The summed E-state index contributed by atoms with van der Waals surface area (Å²) in [5.74, 6) is 0.0827. The predicted molar refractivity (Wildman–Crippen MR) is 130 cm³/mol. The first kappa shape index (κ1) is 22.9. The number of hydrogen-bond acceptors (Lipinski definition) is 3. The van der Waals surface area contributed by atoms with Crippen LogP contribution in [0.3, 0.4) is 0 Å². The van der Waals surface area contributed by atoms with Crippen molar-refractivity contribution in [3.63, 3.8) is 0 Å². The van der Waals surface area contributed by atoms with E-state index in [1.807, 2.05) is 24.3 Å². The second kappa shape index (κ2) is 10.5. The largest absolute Gasteiger partial charge is 0.337 e. The monoisotopic (exact) mass is 466 g/mol. The number of nitrogens with one attached hydrogen (secondary N) is 1. The van der Waals surface area contributed by atoms with Crippen LogP contribution >= 0.6 is 11.6 Å². The molecule has 0 aliphatic carbocycles. The lowest BCUT2D eigenvalue weighted by molar-refractivity contribution is -0.125. The number of anilines is 2. The number of hydrogen-bond donors (Lipinski definition) is 1. The lowest BCUT2D eigenvalue weighted by Gasteiger charge is -2.22. The Balaban J connectivity index is 1.29. The first-order valence-electron chi connectivity index (χ1n) is 11.2. The van der Waals surface area contributed by atoms with Crippen LogP contribution in [-0.4, -0.2) is 60.4 Å². The number of carbonyl (C=O) groups excluding carboxylic acids is 3. The smallest absolute Gasteiger partial charge is 0.321 e. The summed E-state index contributed by atoms with van der Waals surface area (Å²) in [5.41, 5.74) is 2.48. The summed E-state index contributed by atoms with van der Waals surface area (Å²) in [4.78, 5) is 42.4. The number of urea groups is 1. The van der Waals surface area contributed by atoms with E-state index in [-0.39, 0.29) is 17.8 Å². The third kappa shape index (κ3) is 5.93. The van der Waals surface area contributed by atoms with Crippen molar-refractivity contribution in [1.29, 1.82) is 0 Å². The lowest BCUT2D eigenvalue weighted by atomic mass is 10.2. The van der Waals surface area contributed by atoms with Gasteiger partial charge in [0.15, 0.2) is 0 Å². The molecule has 2 fully saturated rings. The summed E-state index contributed by atoms with van der Waals surface area (Å²) in [7, 11) is 0. The van der Waals surface area contributed by atoms with Crippen molar-refractivity contribution in [3.05, 3.63) is 65.2 Å². The predicted octanol–water partition coefficient (Wildman–Crippen LogP) is 4.25. The third-order valence-corrected chi connectivity index (χ3v) is 6.14. The quantitative estimate of drug-likeness (QED) is 0.685. The fourth-order valence-electron chi connectivity index (χ4n) is 4.04. The van der Waals surface area contributed by atoms with Crippen LogP contribution in [0.25, 0.3) is 6.08 Å². The van der Waals surface area contributed by atoms with E-state index in [4.69, 9.17) is 11.6 Å². The van der Waals surface area contributed by atoms with Gasteiger partial charge in [-0.05, 0) is 60.9 Å². The summed E-state index contributed by atoms with van der Waals surface area (Å²) in [6.07, 6.45) is 5.57. The highest BCUT2D eigenvalue weighted by atomic mass is 35.5. The van der Waals surface area contributed by atoms with Gasteiger partial charge in [-0.15, -0.1) is 0 Å². The van der Waals surface area contributed by atoms with E-state index in [2.05, 4.69) is 5.32 Å². The fourth-order valence-corrected chi connectivity index (χ4v) is 4.16. The third-order valence-electron chi connectivity index (χ3n) is 5.89. The minimum absolute atomic E-state index is 0.0752. The fraction of sp³-hybridized carbons (Fsp3) is 0.320. The van der Waals surface area contributed by atoms with Gasteiger partial charge in [0.1, 0.15) is 0 Å². The van der Waals surface area contributed by atoms with Crippen LogP contribution < -0.4 is 10.2 Å². The Morgan fingerprint density at radius 1 is 0.848 bits per heavy atom. The molecule has 8 heteroatoms. The van der Waals surface area contributed by atoms with Gasteiger partial charge < -0.3 is 20.0 Å². The van der Waals surface area contributed by atoms with Crippen LogP contribution in [0, 0.1) is 0 Å². The number of amides is 4. The molecule has 0 radical (unpaired) electrons. The Hall–Kier alpha value is -3.32. The number of carbonyl (C=O) groups is 3. The molecule has 1 N–H and O–H groups in total. The molecule has 0 unspecified atom stereocenters. The van der Waals surface area contributed by atoms with Crippen molar-refractivity contribution in [2.45, 2.75) is 19.3 Å². The molecule has 4 amide bonds. The van der Waals surface area contributed by atoms with Gasteiger partial charge in [0.2, 0.25) is 11.8 Å². The molecule has 0 spiro atoms. The molecule has 0 saturated carbocycles. The molecule has 2 saturated heterocycles. The zero-order chi connectivity index (χ0) is 23.2. The van der Waals surface area contributed by atoms with E-state index < -0.39 is 0 Å². The zero-order valence-electron chi connectivity index (χ0n) is 18.4. The summed E-state index contributed by atoms with van der Waals surface area (Å²) < 4.78 is 0. The van der Waals surface area contributed by atoms with Crippen LogP contribution in [0.4, 0.5) is 16.2 Å². The van der Waals surface area contributed by atoms with Crippen LogP contribution in [0.1, 0.15) is 24.8 Å². The van der Waals surface area contributed by atoms with E-state index in [1.165, 1.54) is 0 Å². The Bertz CT molecular complexity index is 1040. The highest BCUT2D eigenvalue weighted by Crippen LogP contribution is 2.22. The van der Waals surface area contributed by atoms with Crippen molar-refractivity contribution in [1.82, 2.24) is 9.80 Å². The Kier molecular flexibility index (Phi) is 7.29. The maximum absolute atomic E-state index is 12.7. The average Bonchev–Trinajstić information content (AvgIpc) is 3.10. The van der Waals surface area contributed by atoms with Gasteiger partial charge >= 0.3 is 6.03 Å². The number of halogens is 1. The maximum atomic E-state index is 12.7. The topological polar surface area (TPSA) is 73.0 Å². The molecule has 2 heterocycles. The van der Waals surface area contributed by atoms with Crippen molar-refractivity contribution in [2.75, 3.05) is 42.9 Å². The Morgan fingerprint density at radius 3 is 2.24 bits per heavy atom. The van der Waals surface area contributed by atoms with Crippen molar-refractivity contribution in [2.24, 2.45) is 0 Å². The minimum atomic E-state index is -0.182. The lowest BCUT2D eigenvalue weighted by Crippen LogP contribution is -2.39. The molecule has 2 aliphatic rings. The molecule has 172 valence electrons. The molecule has 0 atom stereocenters. The van der Waals surface area contributed by atoms with Gasteiger partial charge in [-0.2, -0.15) is 0 Å². The number of benzene rings is 2. The van der Waals surface area contributed by atoms with E-state index in [9.17, 15) is 14.4 Å². The van der Waals surface area contributed by atoms with Crippen LogP contribution in [0.2, 0.25) is 5.02 Å². The van der Waals surface area contributed by atoms with Gasteiger partial charge in [-0.3, -0.25) is 9.59 Å². The second-order valence-corrected chi connectivity index (χ2v) is 8.61.